The molecule has 1 unspecified atom stereocenters. The molecule has 2 rings (SSSR count). The first-order chi connectivity index (χ1) is 9.19. The van der Waals surface area contributed by atoms with Crippen LogP contribution in [0.15, 0.2) is 46.0 Å². The van der Waals surface area contributed by atoms with Crippen LogP contribution < -0.4 is 5.32 Å². The highest BCUT2D eigenvalue weighted by molar-refractivity contribution is 9.10. The first-order valence-electron chi connectivity index (χ1n) is 6.29. The lowest BCUT2D eigenvalue weighted by Gasteiger charge is -2.15. The van der Waals surface area contributed by atoms with Gasteiger partial charge in [0.25, 0.3) is 0 Å². The molecule has 1 aromatic carbocycles. The van der Waals surface area contributed by atoms with Crippen molar-refractivity contribution < 1.29 is 0 Å². The summed E-state index contributed by atoms with van der Waals surface area (Å²) in [6.07, 6.45) is 4.02. The van der Waals surface area contributed by atoms with Crippen molar-refractivity contribution in [2.45, 2.75) is 17.9 Å². The Bertz CT molecular complexity index is 510. The second-order valence-corrected chi connectivity index (χ2v) is 6.33. The maximum atomic E-state index is 4.25. The number of aryl methyl sites for hydroxylation is 1. The van der Waals surface area contributed by atoms with E-state index in [9.17, 15) is 0 Å². The van der Waals surface area contributed by atoms with Gasteiger partial charge in [-0.15, -0.1) is 11.8 Å². The summed E-state index contributed by atoms with van der Waals surface area (Å²) in [5.74, 6) is 1.00. The zero-order valence-corrected chi connectivity index (χ0v) is 13.5. The van der Waals surface area contributed by atoms with Gasteiger partial charge >= 0.3 is 0 Å². The molecule has 0 bridgehead atoms. The Morgan fingerprint density at radius 2 is 2.11 bits per heavy atom. The maximum Gasteiger partial charge on any atom is 0.0537 e. The standard InChI is InChI=1S/C14H18BrN3S/c1-3-16-14(11-8-17-18(2)9-11)10-19-13-6-4-12(15)5-7-13/h4-9,14,16H,3,10H2,1-2H3. The Morgan fingerprint density at radius 1 is 1.37 bits per heavy atom. The summed E-state index contributed by atoms with van der Waals surface area (Å²) in [5, 5.41) is 7.76. The molecule has 2 aromatic rings. The topological polar surface area (TPSA) is 29.9 Å². The van der Waals surface area contributed by atoms with E-state index in [-0.39, 0.29) is 0 Å². The molecule has 5 heteroatoms. The monoisotopic (exact) mass is 339 g/mol. The molecule has 0 aliphatic rings. The van der Waals surface area contributed by atoms with Gasteiger partial charge in [-0.2, -0.15) is 5.10 Å². The van der Waals surface area contributed by atoms with Gasteiger partial charge in [0.1, 0.15) is 0 Å². The minimum atomic E-state index is 0.340. The predicted octanol–water partition coefficient (Wildman–Crippen LogP) is 3.63. The molecule has 0 spiro atoms. The van der Waals surface area contributed by atoms with E-state index in [1.165, 1.54) is 10.5 Å². The zero-order valence-electron chi connectivity index (χ0n) is 11.1. The maximum absolute atomic E-state index is 4.25. The molecular formula is C14H18BrN3S. The number of hydrogen-bond donors (Lipinski definition) is 1. The molecule has 1 atom stereocenters. The van der Waals surface area contributed by atoms with Crippen molar-refractivity contribution >= 4 is 27.7 Å². The molecule has 0 saturated heterocycles. The van der Waals surface area contributed by atoms with Crippen molar-refractivity contribution in [1.29, 1.82) is 0 Å². The van der Waals surface area contributed by atoms with Gasteiger partial charge in [-0.25, -0.2) is 0 Å². The largest absolute Gasteiger partial charge is 0.309 e. The average molecular weight is 340 g/mol. The molecule has 0 amide bonds. The van der Waals surface area contributed by atoms with Crippen molar-refractivity contribution in [2.75, 3.05) is 12.3 Å². The number of halogens is 1. The van der Waals surface area contributed by atoms with E-state index in [2.05, 4.69) is 63.7 Å². The van der Waals surface area contributed by atoms with Gasteiger partial charge in [-0.3, -0.25) is 4.68 Å². The van der Waals surface area contributed by atoms with Gasteiger partial charge in [-0.05, 0) is 30.8 Å². The lowest BCUT2D eigenvalue weighted by molar-refractivity contribution is 0.605. The quantitative estimate of drug-likeness (QED) is 0.815. The van der Waals surface area contributed by atoms with Gasteiger partial charge in [0, 0.05) is 40.0 Å². The summed E-state index contributed by atoms with van der Waals surface area (Å²) >= 11 is 5.32. The molecule has 0 saturated carbocycles. The molecule has 1 N–H and O–H groups in total. The fourth-order valence-electron chi connectivity index (χ4n) is 1.85. The Kier molecular flexibility index (Phi) is 5.48. The van der Waals surface area contributed by atoms with Crippen molar-refractivity contribution in [1.82, 2.24) is 15.1 Å². The summed E-state index contributed by atoms with van der Waals surface area (Å²) < 4.78 is 2.97. The summed E-state index contributed by atoms with van der Waals surface area (Å²) in [6, 6.07) is 8.78. The second-order valence-electron chi connectivity index (χ2n) is 4.32. The number of hydrogen-bond acceptors (Lipinski definition) is 3. The third kappa shape index (κ3) is 4.37. The highest BCUT2D eigenvalue weighted by Gasteiger charge is 2.12. The Morgan fingerprint density at radius 3 is 2.68 bits per heavy atom. The number of aromatic nitrogens is 2. The van der Waals surface area contributed by atoms with E-state index in [1.54, 1.807) is 0 Å². The van der Waals surface area contributed by atoms with Crippen molar-refractivity contribution in [2.24, 2.45) is 7.05 Å². The molecule has 1 aromatic heterocycles. The first kappa shape index (κ1) is 14.6. The average Bonchev–Trinajstić information content (AvgIpc) is 2.83. The molecule has 1 heterocycles. The van der Waals surface area contributed by atoms with E-state index in [4.69, 9.17) is 0 Å². The smallest absolute Gasteiger partial charge is 0.0537 e. The zero-order chi connectivity index (χ0) is 13.7. The third-order valence-electron chi connectivity index (χ3n) is 2.81. The van der Waals surface area contributed by atoms with Crippen LogP contribution in [0.25, 0.3) is 0 Å². The highest BCUT2D eigenvalue weighted by Crippen LogP contribution is 2.25. The minimum Gasteiger partial charge on any atom is -0.309 e. The van der Waals surface area contributed by atoms with Gasteiger partial charge in [0.15, 0.2) is 0 Å². The molecule has 0 fully saturated rings. The first-order valence-corrected chi connectivity index (χ1v) is 8.07. The van der Waals surface area contributed by atoms with Gasteiger partial charge in [0.05, 0.1) is 6.20 Å². The molecule has 0 aliphatic carbocycles. The summed E-state index contributed by atoms with van der Waals surface area (Å²) in [4.78, 5) is 1.29. The SMILES string of the molecule is CCNC(CSc1ccc(Br)cc1)c1cnn(C)c1. The lowest BCUT2D eigenvalue weighted by Crippen LogP contribution is -2.22. The van der Waals surface area contributed by atoms with E-state index in [0.29, 0.717) is 6.04 Å². The fourth-order valence-corrected chi connectivity index (χ4v) is 3.11. The van der Waals surface area contributed by atoms with Crippen LogP contribution >= 0.6 is 27.7 Å². The van der Waals surface area contributed by atoms with E-state index in [1.807, 2.05) is 29.7 Å². The van der Waals surface area contributed by atoms with E-state index in [0.717, 1.165) is 16.8 Å². The number of thioether (sulfide) groups is 1. The van der Waals surface area contributed by atoms with Crippen LogP contribution in [-0.2, 0) is 7.05 Å². The molecule has 0 aliphatic heterocycles. The lowest BCUT2D eigenvalue weighted by atomic mass is 10.2. The van der Waals surface area contributed by atoms with Gasteiger partial charge < -0.3 is 5.32 Å². The third-order valence-corrected chi connectivity index (χ3v) is 4.44. The summed E-state index contributed by atoms with van der Waals surface area (Å²) in [6.45, 7) is 3.09. The number of nitrogens with one attached hydrogen (secondary N) is 1. The Balaban J connectivity index is 1.99. The molecule has 102 valence electrons. The van der Waals surface area contributed by atoms with Crippen LogP contribution in [0.3, 0.4) is 0 Å². The minimum absolute atomic E-state index is 0.340. The van der Waals surface area contributed by atoms with Crippen LogP contribution in [0.4, 0.5) is 0 Å². The van der Waals surface area contributed by atoms with E-state index >= 15 is 0 Å². The van der Waals surface area contributed by atoms with Crippen molar-refractivity contribution in [3.8, 4) is 0 Å². The summed E-state index contributed by atoms with van der Waals surface area (Å²) in [5.41, 5.74) is 1.24. The number of benzene rings is 1. The number of nitrogens with zero attached hydrogens (tertiary/aromatic N) is 2. The Labute approximate surface area is 126 Å². The van der Waals surface area contributed by atoms with Crippen LogP contribution in [0.5, 0.6) is 0 Å². The van der Waals surface area contributed by atoms with Crippen LogP contribution in [0.1, 0.15) is 18.5 Å². The molecule has 19 heavy (non-hydrogen) atoms. The molecule has 3 nitrogen and oxygen atoms in total. The highest BCUT2D eigenvalue weighted by atomic mass is 79.9. The molecule has 0 radical (unpaired) electrons. The van der Waals surface area contributed by atoms with Crippen LogP contribution in [0, 0.1) is 0 Å². The summed E-state index contributed by atoms with van der Waals surface area (Å²) in [7, 11) is 1.95. The molecular weight excluding hydrogens is 322 g/mol. The second kappa shape index (κ2) is 7.12. The fraction of sp³-hybridized carbons (Fsp3) is 0.357. The van der Waals surface area contributed by atoms with Crippen LogP contribution in [0.2, 0.25) is 0 Å². The van der Waals surface area contributed by atoms with Gasteiger partial charge in [0.2, 0.25) is 0 Å². The van der Waals surface area contributed by atoms with Crippen LogP contribution in [-0.4, -0.2) is 22.1 Å². The Hall–Kier alpha value is -0.780. The number of rotatable bonds is 6. The normalized spacial score (nSPS) is 12.6. The van der Waals surface area contributed by atoms with Crippen molar-refractivity contribution in [3.63, 3.8) is 0 Å². The van der Waals surface area contributed by atoms with Gasteiger partial charge in [-0.1, -0.05) is 22.9 Å². The predicted molar refractivity (Wildman–Crippen MR) is 84.5 cm³/mol. The van der Waals surface area contributed by atoms with E-state index < -0.39 is 0 Å². The van der Waals surface area contributed by atoms with Crippen molar-refractivity contribution in [3.05, 3.63) is 46.7 Å².